The van der Waals surface area contributed by atoms with Gasteiger partial charge in [-0.3, -0.25) is 4.79 Å². The van der Waals surface area contributed by atoms with Crippen molar-refractivity contribution in [1.82, 2.24) is 10.6 Å². The molecule has 0 bridgehead atoms. The van der Waals surface area contributed by atoms with E-state index in [-0.39, 0.29) is 12.5 Å². The van der Waals surface area contributed by atoms with Crippen molar-refractivity contribution in [3.05, 3.63) is 26.6 Å². The molecule has 0 radical (unpaired) electrons. The van der Waals surface area contributed by atoms with Crippen LogP contribution in [0.15, 0.2) is 21.1 Å². The molecule has 0 aromatic heterocycles. The van der Waals surface area contributed by atoms with E-state index in [2.05, 4.69) is 42.5 Å². The van der Waals surface area contributed by atoms with E-state index in [4.69, 9.17) is 4.74 Å². The zero-order chi connectivity index (χ0) is 14.3. The highest BCUT2D eigenvalue weighted by molar-refractivity contribution is 9.11. The van der Waals surface area contributed by atoms with Gasteiger partial charge in [-0.05, 0) is 63.0 Å². The Morgan fingerprint density at radius 2 is 1.95 bits per heavy atom. The minimum atomic E-state index is -0.111. The lowest BCUT2D eigenvalue weighted by molar-refractivity contribution is -0.123. The fourth-order valence-electron chi connectivity index (χ4n) is 1.51. The lowest BCUT2D eigenvalue weighted by atomic mass is 10.2. The van der Waals surface area contributed by atoms with E-state index in [0.29, 0.717) is 12.3 Å². The van der Waals surface area contributed by atoms with Gasteiger partial charge in [0.05, 0.1) is 8.95 Å². The summed E-state index contributed by atoms with van der Waals surface area (Å²) < 4.78 is 7.19. The molecule has 6 heteroatoms. The Morgan fingerprint density at radius 3 is 2.47 bits per heavy atom. The van der Waals surface area contributed by atoms with Gasteiger partial charge in [-0.25, -0.2) is 0 Å². The molecular formula is C13H18Br2N2O2. The topological polar surface area (TPSA) is 50.4 Å². The zero-order valence-electron chi connectivity index (χ0n) is 11.1. The lowest BCUT2D eigenvalue weighted by Gasteiger charge is -2.12. The Morgan fingerprint density at radius 1 is 1.32 bits per heavy atom. The third-order valence-corrected chi connectivity index (χ3v) is 3.54. The Hall–Kier alpha value is -0.590. The van der Waals surface area contributed by atoms with E-state index in [1.54, 1.807) is 0 Å². The summed E-state index contributed by atoms with van der Waals surface area (Å²) in [5.74, 6) is 0.534. The number of carbonyl (C=O) groups excluding carboxylic acids is 1. The number of nitrogens with one attached hydrogen (secondary N) is 2. The van der Waals surface area contributed by atoms with Crippen molar-refractivity contribution in [3.63, 3.8) is 0 Å². The molecule has 1 rings (SSSR count). The van der Waals surface area contributed by atoms with E-state index in [0.717, 1.165) is 27.5 Å². The molecule has 0 spiro atoms. The summed E-state index contributed by atoms with van der Waals surface area (Å²) in [6.45, 7) is 3.47. The van der Waals surface area contributed by atoms with Gasteiger partial charge in [-0.2, -0.15) is 0 Å². The second kappa shape index (κ2) is 8.55. The fourth-order valence-corrected chi connectivity index (χ4v) is 3.02. The van der Waals surface area contributed by atoms with Gasteiger partial charge in [0.15, 0.2) is 6.61 Å². The maximum absolute atomic E-state index is 11.5. The van der Waals surface area contributed by atoms with Gasteiger partial charge in [0.25, 0.3) is 5.91 Å². The number of carbonyl (C=O) groups is 1. The monoisotopic (exact) mass is 392 g/mol. The van der Waals surface area contributed by atoms with Gasteiger partial charge >= 0.3 is 0 Å². The van der Waals surface area contributed by atoms with E-state index in [1.165, 1.54) is 0 Å². The van der Waals surface area contributed by atoms with Gasteiger partial charge in [0.1, 0.15) is 5.75 Å². The Balaban J connectivity index is 2.65. The van der Waals surface area contributed by atoms with Crippen molar-refractivity contribution < 1.29 is 9.53 Å². The first-order valence-corrected chi connectivity index (χ1v) is 7.69. The van der Waals surface area contributed by atoms with Crippen LogP contribution in [-0.4, -0.2) is 26.1 Å². The van der Waals surface area contributed by atoms with Crippen LogP contribution in [0, 0.1) is 0 Å². The van der Waals surface area contributed by atoms with Crippen molar-refractivity contribution in [3.8, 4) is 5.75 Å². The fraction of sp³-hybridized carbons (Fsp3) is 0.462. The number of benzene rings is 1. The first-order valence-electron chi connectivity index (χ1n) is 6.10. The average molecular weight is 394 g/mol. The molecule has 0 aliphatic carbocycles. The van der Waals surface area contributed by atoms with Crippen LogP contribution in [0.4, 0.5) is 0 Å². The molecule has 0 fully saturated rings. The molecule has 0 aliphatic rings. The van der Waals surface area contributed by atoms with Crippen molar-refractivity contribution in [1.29, 1.82) is 0 Å². The zero-order valence-corrected chi connectivity index (χ0v) is 14.2. The smallest absolute Gasteiger partial charge is 0.257 e. The molecule has 1 amide bonds. The molecule has 106 valence electrons. The van der Waals surface area contributed by atoms with E-state index >= 15 is 0 Å². The number of hydrogen-bond donors (Lipinski definition) is 2. The number of hydrogen-bond acceptors (Lipinski definition) is 3. The number of ether oxygens (including phenoxy) is 1. The van der Waals surface area contributed by atoms with Crippen LogP contribution in [0.25, 0.3) is 0 Å². The SMILES string of the molecule is CCCNC(=O)COc1c(Br)cc(CNC)cc1Br. The first kappa shape index (κ1) is 16.5. The van der Waals surface area contributed by atoms with Crippen molar-refractivity contribution in [2.75, 3.05) is 20.2 Å². The van der Waals surface area contributed by atoms with Gasteiger partial charge in [0, 0.05) is 13.1 Å². The number of halogens is 2. The molecule has 2 N–H and O–H groups in total. The standard InChI is InChI=1S/C13H18Br2N2O2/c1-3-4-17-12(18)8-19-13-10(14)5-9(7-16-2)6-11(13)15/h5-6,16H,3-4,7-8H2,1-2H3,(H,17,18). The predicted molar refractivity (Wildman–Crippen MR) is 83.4 cm³/mol. The average Bonchev–Trinajstić information content (AvgIpc) is 2.35. The minimum Gasteiger partial charge on any atom is -0.481 e. The highest BCUT2D eigenvalue weighted by Crippen LogP contribution is 2.34. The molecular weight excluding hydrogens is 376 g/mol. The summed E-state index contributed by atoms with van der Waals surface area (Å²) in [4.78, 5) is 11.5. The van der Waals surface area contributed by atoms with Crippen LogP contribution < -0.4 is 15.4 Å². The molecule has 0 heterocycles. The second-order valence-corrected chi connectivity index (χ2v) is 5.77. The molecule has 1 aromatic carbocycles. The van der Waals surface area contributed by atoms with E-state index in [1.807, 2.05) is 26.1 Å². The third-order valence-electron chi connectivity index (χ3n) is 2.36. The summed E-state index contributed by atoms with van der Waals surface area (Å²) in [5.41, 5.74) is 1.13. The summed E-state index contributed by atoms with van der Waals surface area (Å²) in [6, 6.07) is 3.95. The van der Waals surface area contributed by atoms with Crippen LogP contribution in [0.1, 0.15) is 18.9 Å². The van der Waals surface area contributed by atoms with Crippen molar-refractivity contribution in [2.45, 2.75) is 19.9 Å². The first-order chi connectivity index (χ1) is 9.08. The largest absolute Gasteiger partial charge is 0.481 e. The summed E-state index contributed by atoms with van der Waals surface area (Å²) in [5, 5.41) is 5.85. The maximum atomic E-state index is 11.5. The lowest BCUT2D eigenvalue weighted by Crippen LogP contribution is -2.29. The van der Waals surface area contributed by atoms with E-state index in [9.17, 15) is 4.79 Å². The van der Waals surface area contributed by atoms with Crippen LogP contribution in [0.3, 0.4) is 0 Å². The van der Waals surface area contributed by atoms with Gasteiger partial charge in [0.2, 0.25) is 0 Å². The van der Waals surface area contributed by atoms with Crippen LogP contribution in [-0.2, 0) is 11.3 Å². The van der Waals surface area contributed by atoms with Gasteiger partial charge in [-0.1, -0.05) is 6.92 Å². The second-order valence-electron chi connectivity index (χ2n) is 4.06. The van der Waals surface area contributed by atoms with Gasteiger partial charge < -0.3 is 15.4 Å². The van der Waals surface area contributed by atoms with Crippen molar-refractivity contribution >= 4 is 37.8 Å². The van der Waals surface area contributed by atoms with Crippen LogP contribution >= 0.6 is 31.9 Å². The quantitative estimate of drug-likeness (QED) is 0.748. The molecule has 0 saturated carbocycles. The molecule has 1 aromatic rings. The highest BCUT2D eigenvalue weighted by Gasteiger charge is 2.10. The highest BCUT2D eigenvalue weighted by atomic mass is 79.9. The maximum Gasteiger partial charge on any atom is 0.257 e. The normalized spacial score (nSPS) is 10.3. The Kier molecular flexibility index (Phi) is 7.41. The minimum absolute atomic E-state index is 0.0164. The van der Waals surface area contributed by atoms with Crippen LogP contribution in [0.5, 0.6) is 5.75 Å². The molecule has 19 heavy (non-hydrogen) atoms. The molecule has 0 aliphatic heterocycles. The number of rotatable bonds is 7. The molecule has 4 nitrogen and oxygen atoms in total. The molecule has 0 atom stereocenters. The van der Waals surface area contributed by atoms with Gasteiger partial charge in [-0.15, -0.1) is 0 Å². The summed E-state index contributed by atoms with van der Waals surface area (Å²) in [6.07, 6.45) is 0.915. The Bertz CT molecular complexity index is 416. The third kappa shape index (κ3) is 5.50. The predicted octanol–water partition coefficient (Wildman–Crippen LogP) is 2.84. The summed E-state index contributed by atoms with van der Waals surface area (Å²) in [7, 11) is 1.89. The Labute approximate surface area is 130 Å². The molecule has 0 saturated heterocycles. The molecule has 0 unspecified atom stereocenters. The summed E-state index contributed by atoms with van der Waals surface area (Å²) >= 11 is 6.91. The number of amides is 1. The van der Waals surface area contributed by atoms with Crippen molar-refractivity contribution in [2.24, 2.45) is 0 Å². The van der Waals surface area contributed by atoms with E-state index < -0.39 is 0 Å². The van der Waals surface area contributed by atoms with Crippen LogP contribution in [0.2, 0.25) is 0 Å².